The number of halogens is 9. The maximum atomic E-state index is 13.9. The summed E-state index contributed by atoms with van der Waals surface area (Å²) in [4.78, 5) is 93.4. The number of carbonyl (C=O) groups is 6. The van der Waals surface area contributed by atoms with Gasteiger partial charge in [-0.25, -0.2) is 43.4 Å². The monoisotopic (exact) mass is 1680 g/mol. The summed E-state index contributed by atoms with van der Waals surface area (Å²) in [5.74, 6) is 0.124. The van der Waals surface area contributed by atoms with E-state index in [1.807, 2.05) is 54.6 Å². The quantitative estimate of drug-likeness (QED) is 0.0382. The minimum Gasteiger partial charge on any atom is -0.382 e. The number of anilines is 9. The van der Waals surface area contributed by atoms with Gasteiger partial charge in [0.1, 0.15) is 0 Å². The van der Waals surface area contributed by atoms with Crippen molar-refractivity contribution in [3.8, 4) is 33.4 Å². The first-order valence-electron chi connectivity index (χ1n) is 39.0. The number of benzene rings is 6. The Morgan fingerprint density at radius 2 is 0.689 bits per heavy atom. The van der Waals surface area contributed by atoms with E-state index in [0.29, 0.717) is 69.2 Å². The number of fused-ring (bicyclic) bond motifs is 3. The molecule has 3 aliphatic carbocycles. The Morgan fingerprint density at radius 3 is 0.975 bits per heavy atom. The van der Waals surface area contributed by atoms with Crippen LogP contribution in [0.3, 0.4) is 0 Å². The van der Waals surface area contributed by atoms with E-state index in [-0.39, 0.29) is 56.5 Å². The lowest BCUT2D eigenvalue weighted by molar-refractivity contribution is -0.138. The molecule has 4 aliphatic rings. The second-order valence-corrected chi connectivity index (χ2v) is 30.1. The highest BCUT2D eigenvalue weighted by molar-refractivity contribution is 6.07. The van der Waals surface area contributed by atoms with Gasteiger partial charge in [0.05, 0.1) is 62.8 Å². The lowest BCUT2D eigenvalue weighted by Gasteiger charge is -2.28. The van der Waals surface area contributed by atoms with E-state index in [1.165, 1.54) is 42.1 Å². The molecule has 4 fully saturated rings. The van der Waals surface area contributed by atoms with Crippen molar-refractivity contribution in [2.45, 2.75) is 88.7 Å². The molecule has 12 aromatic rings. The number of hydrogen-bond acceptors (Lipinski definition) is 16. The van der Waals surface area contributed by atoms with Crippen molar-refractivity contribution in [1.82, 2.24) is 59.0 Å². The lowest BCUT2D eigenvalue weighted by atomic mass is 10.0. The predicted octanol–water partition coefficient (Wildman–Crippen LogP) is 16.9. The summed E-state index contributed by atoms with van der Waals surface area (Å²) in [7, 11) is 8.12. The molecule has 37 heteroatoms. The van der Waals surface area contributed by atoms with Crippen molar-refractivity contribution >= 4 is 120 Å². The number of aryl methyl sites for hydroxylation is 3. The van der Waals surface area contributed by atoms with E-state index in [1.54, 1.807) is 85.4 Å². The third kappa shape index (κ3) is 18.7. The Bertz CT molecular complexity index is 6050. The summed E-state index contributed by atoms with van der Waals surface area (Å²) >= 11 is 0. The molecule has 7 heterocycles. The van der Waals surface area contributed by atoms with Gasteiger partial charge in [0.25, 0.3) is 17.7 Å². The molecular formula is C85H84F9N21O7. The molecule has 1 saturated heterocycles. The van der Waals surface area contributed by atoms with E-state index in [0.717, 1.165) is 146 Å². The molecule has 6 aromatic heterocycles. The summed E-state index contributed by atoms with van der Waals surface area (Å²) in [6, 6.07) is 34.2. The van der Waals surface area contributed by atoms with Gasteiger partial charge >= 0.3 is 36.6 Å². The van der Waals surface area contributed by atoms with Gasteiger partial charge < -0.3 is 68.5 Å². The number of urea groups is 3. The number of nitrogens with one attached hydrogen (secondary N) is 6. The first-order chi connectivity index (χ1) is 58.0. The number of nitrogens with two attached hydrogens (primary N) is 3. The van der Waals surface area contributed by atoms with Crippen LogP contribution >= 0.6 is 0 Å². The molecule has 0 unspecified atom stereocenters. The third-order valence-corrected chi connectivity index (χ3v) is 21.1. The average molecular weight is 1680 g/mol. The zero-order chi connectivity index (χ0) is 87.1. The van der Waals surface area contributed by atoms with Crippen LogP contribution < -0.4 is 49.1 Å². The van der Waals surface area contributed by atoms with E-state index < -0.39 is 87.7 Å². The van der Waals surface area contributed by atoms with Gasteiger partial charge in [-0.1, -0.05) is 36.4 Å². The second-order valence-electron chi connectivity index (χ2n) is 30.1. The smallest absolute Gasteiger partial charge is 0.382 e. The Labute approximate surface area is 691 Å². The van der Waals surface area contributed by atoms with E-state index in [9.17, 15) is 68.3 Å². The van der Waals surface area contributed by atoms with Crippen LogP contribution in [-0.4, -0.2) is 148 Å². The van der Waals surface area contributed by atoms with Crippen LogP contribution in [0.25, 0.3) is 66.5 Å². The van der Waals surface area contributed by atoms with Crippen molar-refractivity contribution in [2.24, 2.45) is 21.1 Å². The van der Waals surface area contributed by atoms with Gasteiger partial charge in [0.15, 0.2) is 34.4 Å². The van der Waals surface area contributed by atoms with E-state index in [2.05, 4.69) is 47.2 Å². The summed E-state index contributed by atoms with van der Waals surface area (Å²) < 4.78 is 134. The normalized spacial score (nSPS) is 14.1. The molecule has 1 aliphatic heterocycles. The number of ether oxygens (including phenoxy) is 1. The molecule has 28 nitrogen and oxygen atoms in total. The van der Waals surface area contributed by atoms with Crippen LogP contribution in [0, 0.1) is 0 Å². The Morgan fingerprint density at radius 1 is 0.410 bits per heavy atom. The van der Waals surface area contributed by atoms with Crippen molar-refractivity contribution in [3.05, 3.63) is 196 Å². The number of amides is 9. The number of nitrogen functional groups attached to an aromatic ring is 3. The highest BCUT2D eigenvalue weighted by Crippen LogP contribution is 2.47. The highest BCUT2D eigenvalue weighted by atomic mass is 19.4. The molecule has 3 saturated carbocycles. The number of aromatic nitrogens is 9. The number of morpholine rings is 1. The van der Waals surface area contributed by atoms with Gasteiger partial charge in [-0.05, 0) is 195 Å². The fourth-order valence-electron chi connectivity index (χ4n) is 14.4. The SMILES string of the molecule is CCN(CC)C(=O)c1ccc(NC(=O)Nc2ccc(-c3cc(C4CC4)nc4c3c(N)nn4C)cc2)cc1C(F)(F)F.CN(C)C(=O)c1ccc(NC(=O)Nc2ccc(-c3cc(C4CC4)nc4c3c(N)nn4C)cc2)cc1C(F)(F)F.Cn1nc(N)c2c(-c3ccc(NC(=O)Nc4ccc(C(=O)N5CCOCC5)c(C(F)(F)F)c4)cc3)cc(C3CC3)nc21. The number of rotatable bonds is 17. The fraction of sp³-hybridized carbons (Fsp3) is 0.294. The first-order valence-corrected chi connectivity index (χ1v) is 39.0. The zero-order valence-electron chi connectivity index (χ0n) is 66.9. The van der Waals surface area contributed by atoms with Crippen LogP contribution in [-0.2, 0) is 44.4 Å². The van der Waals surface area contributed by atoms with Crippen LogP contribution in [0.1, 0.15) is 135 Å². The predicted molar refractivity (Wildman–Crippen MR) is 445 cm³/mol. The minimum absolute atomic E-state index is 0.0959. The molecule has 122 heavy (non-hydrogen) atoms. The second kappa shape index (κ2) is 34.1. The van der Waals surface area contributed by atoms with Crippen molar-refractivity contribution in [2.75, 3.05) is 103 Å². The van der Waals surface area contributed by atoms with Gasteiger partial charge in [0, 0.05) is 130 Å². The maximum Gasteiger partial charge on any atom is 0.417 e. The Hall–Kier alpha value is -13.9. The number of hydrogen-bond donors (Lipinski definition) is 9. The molecule has 0 spiro atoms. The van der Waals surface area contributed by atoms with Crippen molar-refractivity contribution < 1.29 is 73.0 Å². The molecule has 16 rings (SSSR count). The minimum atomic E-state index is -4.79. The molecule has 0 radical (unpaired) electrons. The molecular weight excluding hydrogens is 1600 g/mol. The molecule has 0 atom stereocenters. The summed E-state index contributed by atoms with van der Waals surface area (Å²) in [6.07, 6.45) is -7.84. The van der Waals surface area contributed by atoms with Gasteiger partial charge in [-0.3, -0.25) is 14.4 Å². The summed E-state index contributed by atoms with van der Waals surface area (Å²) in [5, 5.41) is 30.3. The zero-order valence-corrected chi connectivity index (χ0v) is 66.9. The average Bonchev–Trinajstić information content (AvgIpc) is 1.61. The maximum absolute atomic E-state index is 13.9. The largest absolute Gasteiger partial charge is 0.417 e. The number of carbonyl (C=O) groups excluding carboxylic acids is 6. The standard InChI is InChI=1S/C29H28F3N7O3.C29H30F3N7O2.C27H26F3N7O2/c1-38-26-24(25(33)37-38)21(15-23(36-26)17-2-3-17)16-4-6-18(7-5-16)34-28(41)35-19-8-9-20(22(14-19)29(30,31)32)27(40)39-10-12-42-13-11-39;1-4-39(5-2)27(40)20-13-12-19(14-22(20)29(30,31)32)35-28(41)34-18-10-8-16(9-11-18)21-15-23(17-6-7-17)36-26-24(21)25(33)37-38(26)3;1-36(2)25(38)18-11-10-17(12-20(18)27(28,29)30)33-26(39)32-16-8-6-14(7-9-16)19-13-21(15-4-5-15)34-24-22(19)23(31)35-37(24)3/h4-9,14-15,17H,2-3,10-13H2,1H3,(H2,33,37)(H2,34,35,41);8-15,17H,4-7H2,1-3H3,(H2,33,37)(H2,34,35,41);6-13,15H,4-5H2,1-3H3,(H2,31,35)(H2,32,33,39). The molecule has 9 amide bonds. The third-order valence-electron chi connectivity index (χ3n) is 21.1. The number of pyridine rings is 3. The van der Waals surface area contributed by atoms with Crippen LogP contribution in [0.5, 0.6) is 0 Å². The van der Waals surface area contributed by atoms with Gasteiger partial charge in [-0.2, -0.15) is 54.8 Å². The Balaban J connectivity index is 0.000000150. The van der Waals surface area contributed by atoms with Crippen molar-refractivity contribution in [1.29, 1.82) is 0 Å². The van der Waals surface area contributed by atoms with Gasteiger partial charge in [0.2, 0.25) is 0 Å². The van der Waals surface area contributed by atoms with Crippen molar-refractivity contribution in [3.63, 3.8) is 0 Å². The van der Waals surface area contributed by atoms with Gasteiger partial charge in [-0.15, -0.1) is 0 Å². The molecule has 0 bridgehead atoms. The molecule has 12 N–H and O–H groups in total. The van der Waals surface area contributed by atoms with E-state index >= 15 is 0 Å². The van der Waals surface area contributed by atoms with E-state index in [4.69, 9.17) is 36.9 Å². The summed E-state index contributed by atoms with van der Waals surface area (Å²) in [5.41, 5.74) is 25.0. The topological polar surface area (TPSA) is 364 Å². The fourth-order valence-corrected chi connectivity index (χ4v) is 14.4. The lowest BCUT2D eigenvalue weighted by Crippen LogP contribution is -2.41. The molecule has 6 aromatic carbocycles. The summed E-state index contributed by atoms with van der Waals surface area (Å²) in [6.45, 7) is 4.88. The molecule has 634 valence electrons. The van der Waals surface area contributed by atoms with Crippen LogP contribution in [0.4, 0.5) is 105 Å². The van der Waals surface area contributed by atoms with Crippen LogP contribution in [0.15, 0.2) is 146 Å². The number of alkyl halides is 9. The highest BCUT2D eigenvalue weighted by Gasteiger charge is 2.40. The number of nitrogens with zero attached hydrogens (tertiary/aromatic N) is 12. The van der Waals surface area contributed by atoms with Crippen LogP contribution in [0.2, 0.25) is 0 Å². The first kappa shape index (κ1) is 84.6. The Kier molecular flexibility index (Phi) is 23.6.